The highest BCUT2D eigenvalue weighted by Gasteiger charge is 2.14. The zero-order valence-electron chi connectivity index (χ0n) is 12.6. The minimum absolute atomic E-state index is 0.152. The smallest absolute Gasteiger partial charge is 0.130 e. The number of nitrogens with zero attached hydrogens (tertiary/aromatic N) is 1. The number of anilines is 1. The highest BCUT2D eigenvalue weighted by molar-refractivity contribution is 5.39. The number of benzene rings is 1. The fourth-order valence-electron chi connectivity index (χ4n) is 2.01. The summed E-state index contributed by atoms with van der Waals surface area (Å²) in [6.07, 6.45) is 1.70. The molecule has 3 heteroatoms. The van der Waals surface area contributed by atoms with Gasteiger partial charge in [0.2, 0.25) is 0 Å². The van der Waals surface area contributed by atoms with Crippen molar-refractivity contribution in [2.24, 2.45) is 0 Å². The number of ether oxygens (including phenoxy) is 1. The summed E-state index contributed by atoms with van der Waals surface area (Å²) in [4.78, 5) is 4.24. The minimum Gasteiger partial charge on any atom is -0.487 e. The van der Waals surface area contributed by atoms with E-state index in [9.17, 15) is 0 Å². The van der Waals surface area contributed by atoms with Crippen LogP contribution in [0.1, 0.15) is 37.6 Å². The van der Waals surface area contributed by atoms with E-state index < -0.39 is 0 Å². The fraction of sp³-hybridized carbons (Fsp3) is 0.353. The van der Waals surface area contributed by atoms with Gasteiger partial charge in [0.05, 0.1) is 5.69 Å². The van der Waals surface area contributed by atoms with E-state index >= 15 is 0 Å². The lowest BCUT2D eigenvalue weighted by Crippen LogP contribution is -2.11. The van der Waals surface area contributed by atoms with E-state index in [4.69, 9.17) is 10.5 Å². The molecule has 2 N–H and O–H groups in total. The van der Waals surface area contributed by atoms with Crippen LogP contribution in [-0.4, -0.2) is 4.98 Å². The second-order valence-corrected chi connectivity index (χ2v) is 6.10. The summed E-state index contributed by atoms with van der Waals surface area (Å²) in [6.45, 7) is 9.12. The molecule has 1 heterocycles. The maximum Gasteiger partial charge on any atom is 0.130 e. The molecule has 0 radical (unpaired) electrons. The van der Waals surface area contributed by atoms with Crippen LogP contribution in [0.2, 0.25) is 0 Å². The molecule has 1 aromatic heterocycles. The molecule has 0 amide bonds. The van der Waals surface area contributed by atoms with Crippen LogP contribution < -0.4 is 10.5 Å². The average Bonchev–Trinajstić information content (AvgIpc) is 2.36. The number of hydrogen-bond acceptors (Lipinski definition) is 3. The number of pyridine rings is 1. The van der Waals surface area contributed by atoms with Gasteiger partial charge in [0.15, 0.2) is 0 Å². The maximum atomic E-state index is 5.83. The molecule has 20 heavy (non-hydrogen) atoms. The van der Waals surface area contributed by atoms with Gasteiger partial charge in [-0.05, 0) is 41.7 Å². The Labute approximate surface area is 120 Å². The molecule has 0 saturated heterocycles. The van der Waals surface area contributed by atoms with Gasteiger partial charge in [0.1, 0.15) is 12.4 Å². The summed E-state index contributed by atoms with van der Waals surface area (Å²) in [5.74, 6) is 0.891. The van der Waals surface area contributed by atoms with Crippen LogP contribution in [0, 0.1) is 6.92 Å². The van der Waals surface area contributed by atoms with Crippen molar-refractivity contribution >= 4 is 5.69 Å². The Morgan fingerprint density at radius 3 is 2.50 bits per heavy atom. The van der Waals surface area contributed by atoms with Gasteiger partial charge in [-0.3, -0.25) is 4.98 Å². The number of aromatic nitrogens is 1. The van der Waals surface area contributed by atoms with E-state index in [2.05, 4.69) is 44.8 Å². The Hall–Kier alpha value is -2.03. The van der Waals surface area contributed by atoms with E-state index in [-0.39, 0.29) is 5.41 Å². The predicted octanol–water partition coefficient (Wildman–Crippen LogP) is 3.85. The quantitative estimate of drug-likeness (QED) is 0.921. The summed E-state index contributed by atoms with van der Waals surface area (Å²) in [7, 11) is 0. The maximum absolute atomic E-state index is 5.83. The van der Waals surface area contributed by atoms with E-state index in [1.807, 2.05) is 12.1 Å². The zero-order chi connectivity index (χ0) is 14.8. The summed E-state index contributed by atoms with van der Waals surface area (Å²) in [5.41, 5.74) is 9.88. The largest absolute Gasteiger partial charge is 0.487 e. The van der Waals surface area contributed by atoms with Gasteiger partial charge in [0, 0.05) is 11.9 Å². The molecule has 2 aromatic rings. The average molecular weight is 270 g/mol. The fourth-order valence-corrected chi connectivity index (χ4v) is 2.01. The normalized spacial score (nSPS) is 11.4. The van der Waals surface area contributed by atoms with Crippen LogP contribution in [0.15, 0.2) is 36.5 Å². The topological polar surface area (TPSA) is 48.1 Å². The Balaban J connectivity index is 2.11. The van der Waals surface area contributed by atoms with E-state index in [0.29, 0.717) is 12.3 Å². The van der Waals surface area contributed by atoms with Crippen LogP contribution in [0.4, 0.5) is 5.69 Å². The molecular formula is C17H22N2O. The molecule has 0 fully saturated rings. The van der Waals surface area contributed by atoms with Crippen LogP contribution in [0.5, 0.6) is 5.75 Å². The first kappa shape index (κ1) is 14.4. The van der Waals surface area contributed by atoms with Gasteiger partial charge < -0.3 is 10.5 Å². The van der Waals surface area contributed by atoms with Crippen molar-refractivity contribution in [3.63, 3.8) is 0 Å². The zero-order valence-corrected chi connectivity index (χ0v) is 12.6. The number of hydrogen-bond donors (Lipinski definition) is 1. The molecular weight excluding hydrogens is 248 g/mol. The number of aryl methyl sites for hydroxylation is 1. The Bertz CT molecular complexity index is 600. The SMILES string of the molecule is Cc1cc(C(C)(C)C)ccc1OCc1cc(N)ccn1. The first-order chi connectivity index (χ1) is 9.36. The third-order valence-electron chi connectivity index (χ3n) is 3.26. The molecule has 0 aliphatic rings. The molecule has 1 aromatic carbocycles. The van der Waals surface area contributed by atoms with Crippen molar-refractivity contribution in [2.45, 2.75) is 39.7 Å². The van der Waals surface area contributed by atoms with Crippen LogP contribution >= 0.6 is 0 Å². The lowest BCUT2D eigenvalue weighted by Gasteiger charge is -2.20. The second kappa shape index (κ2) is 5.53. The molecule has 0 aliphatic carbocycles. The molecule has 0 bridgehead atoms. The van der Waals surface area contributed by atoms with Crippen molar-refractivity contribution in [3.05, 3.63) is 53.3 Å². The second-order valence-electron chi connectivity index (χ2n) is 6.10. The summed E-state index contributed by atoms with van der Waals surface area (Å²) >= 11 is 0. The summed E-state index contributed by atoms with van der Waals surface area (Å²) in [6, 6.07) is 9.94. The minimum atomic E-state index is 0.152. The number of nitrogen functional groups attached to an aromatic ring is 1. The van der Waals surface area contributed by atoms with Crippen molar-refractivity contribution in [1.82, 2.24) is 4.98 Å². The Morgan fingerprint density at radius 2 is 1.90 bits per heavy atom. The van der Waals surface area contributed by atoms with E-state index in [1.165, 1.54) is 5.56 Å². The Morgan fingerprint density at radius 1 is 1.15 bits per heavy atom. The van der Waals surface area contributed by atoms with Crippen molar-refractivity contribution in [1.29, 1.82) is 0 Å². The molecule has 106 valence electrons. The lowest BCUT2D eigenvalue weighted by atomic mass is 9.86. The summed E-state index contributed by atoms with van der Waals surface area (Å²) in [5, 5.41) is 0. The molecule has 2 rings (SSSR count). The third kappa shape index (κ3) is 3.50. The van der Waals surface area contributed by atoms with Gasteiger partial charge in [-0.25, -0.2) is 0 Å². The lowest BCUT2D eigenvalue weighted by molar-refractivity contribution is 0.299. The van der Waals surface area contributed by atoms with E-state index in [1.54, 1.807) is 12.3 Å². The first-order valence-electron chi connectivity index (χ1n) is 6.80. The van der Waals surface area contributed by atoms with Crippen LogP contribution in [0.3, 0.4) is 0 Å². The van der Waals surface area contributed by atoms with Gasteiger partial charge >= 0.3 is 0 Å². The van der Waals surface area contributed by atoms with Crippen molar-refractivity contribution < 1.29 is 4.74 Å². The van der Waals surface area contributed by atoms with Crippen molar-refractivity contribution in [3.8, 4) is 5.75 Å². The molecule has 0 atom stereocenters. The van der Waals surface area contributed by atoms with Gasteiger partial charge in [-0.15, -0.1) is 0 Å². The first-order valence-corrected chi connectivity index (χ1v) is 6.80. The van der Waals surface area contributed by atoms with Crippen molar-refractivity contribution in [2.75, 3.05) is 5.73 Å². The standard InChI is InChI=1S/C17H22N2O/c1-12-9-13(17(2,3)4)5-6-16(12)20-11-15-10-14(18)7-8-19-15/h5-10H,11H2,1-4H3,(H2,18,19). The highest BCUT2D eigenvalue weighted by Crippen LogP contribution is 2.27. The van der Waals surface area contributed by atoms with Gasteiger partial charge in [0.25, 0.3) is 0 Å². The van der Waals surface area contributed by atoms with Crippen LogP contribution in [-0.2, 0) is 12.0 Å². The molecule has 0 saturated carbocycles. The van der Waals surface area contributed by atoms with Gasteiger partial charge in [-0.1, -0.05) is 32.9 Å². The number of nitrogens with two attached hydrogens (primary N) is 1. The van der Waals surface area contributed by atoms with E-state index in [0.717, 1.165) is 17.0 Å². The molecule has 0 aliphatic heterocycles. The highest BCUT2D eigenvalue weighted by atomic mass is 16.5. The Kier molecular flexibility index (Phi) is 3.98. The summed E-state index contributed by atoms with van der Waals surface area (Å²) < 4.78 is 5.83. The predicted molar refractivity (Wildman–Crippen MR) is 82.9 cm³/mol. The van der Waals surface area contributed by atoms with Crippen LogP contribution in [0.25, 0.3) is 0 Å². The van der Waals surface area contributed by atoms with Gasteiger partial charge in [-0.2, -0.15) is 0 Å². The number of rotatable bonds is 3. The molecule has 3 nitrogen and oxygen atoms in total. The monoisotopic (exact) mass is 270 g/mol. The third-order valence-corrected chi connectivity index (χ3v) is 3.26. The molecule has 0 spiro atoms. The molecule has 0 unspecified atom stereocenters.